The largest absolute Gasteiger partial charge is 0.373 e. The maximum absolute atomic E-state index is 6.27. The first-order valence-corrected chi connectivity index (χ1v) is 6.82. The Kier molecular flexibility index (Phi) is 5.26. The van der Waals surface area contributed by atoms with Crippen LogP contribution in [0, 0.1) is 5.41 Å². The molecule has 16 heavy (non-hydrogen) atoms. The van der Waals surface area contributed by atoms with Crippen LogP contribution in [0.5, 0.6) is 0 Å². The van der Waals surface area contributed by atoms with Gasteiger partial charge in [0.15, 0.2) is 0 Å². The van der Waals surface area contributed by atoms with E-state index in [1.807, 2.05) is 0 Å². The van der Waals surface area contributed by atoms with Gasteiger partial charge in [-0.05, 0) is 25.2 Å². The van der Waals surface area contributed by atoms with Gasteiger partial charge in [0.05, 0.1) is 12.2 Å². The van der Waals surface area contributed by atoms with Gasteiger partial charge in [-0.2, -0.15) is 0 Å². The van der Waals surface area contributed by atoms with E-state index in [0.717, 1.165) is 0 Å². The second-order valence-electron chi connectivity index (χ2n) is 6.40. The average Bonchev–Trinajstić information content (AvgIpc) is 2.39. The molecule has 0 aromatic heterocycles. The fourth-order valence-electron chi connectivity index (χ4n) is 2.70. The molecule has 0 aliphatic heterocycles. The SMILES string of the molecule is CC(N)C(OC1CCCCCC1)C(C)(C)C. The zero-order valence-corrected chi connectivity index (χ0v) is 11.5. The van der Waals surface area contributed by atoms with Gasteiger partial charge in [0.2, 0.25) is 0 Å². The van der Waals surface area contributed by atoms with Crippen LogP contribution in [0.2, 0.25) is 0 Å². The molecule has 1 fully saturated rings. The van der Waals surface area contributed by atoms with E-state index in [2.05, 4.69) is 27.7 Å². The lowest BCUT2D eigenvalue weighted by molar-refractivity contribution is -0.0805. The topological polar surface area (TPSA) is 35.2 Å². The Labute approximate surface area is 101 Å². The summed E-state index contributed by atoms with van der Waals surface area (Å²) in [5.74, 6) is 0. The average molecular weight is 227 g/mol. The molecule has 1 aliphatic carbocycles. The number of ether oxygens (including phenoxy) is 1. The van der Waals surface area contributed by atoms with Crippen LogP contribution in [0.25, 0.3) is 0 Å². The summed E-state index contributed by atoms with van der Waals surface area (Å²) in [6.45, 7) is 8.72. The standard InChI is InChI=1S/C14H29NO/c1-11(15)13(14(2,3)4)16-12-9-7-5-6-8-10-12/h11-13H,5-10,15H2,1-4H3. The van der Waals surface area contributed by atoms with Crippen molar-refractivity contribution in [3.05, 3.63) is 0 Å². The summed E-state index contributed by atoms with van der Waals surface area (Å²) in [4.78, 5) is 0. The Morgan fingerprint density at radius 3 is 1.94 bits per heavy atom. The smallest absolute Gasteiger partial charge is 0.0775 e. The van der Waals surface area contributed by atoms with Crippen molar-refractivity contribution >= 4 is 0 Å². The lowest BCUT2D eigenvalue weighted by Crippen LogP contribution is -2.45. The summed E-state index contributed by atoms with van der Waals surface area (Å²) < 4.78 is 6.27. The first-order valence-electron chi connectivity index (χ1n) is 6.82. The van der Waals surface area contributed by atoms with Crippen LogP contribution in [0.1, 0.15) is 66.2 Å². The van der Waals surface area contributed by atoms with Crippen molar-refractivity contribution in [3.63, 3.8) is 0 Å². The van der Waals surface area contributed by atoms with Gasteiger partial charge in [0.1, 0.15) is 0 Å². The molecule has 1 saturated carbocycles. The van der Waals surface area contributed by atoms with Gasteiger partial charge < -0.3 is 10.5 Å². The first kappa shape index (κ1) is 14.0. The minimum atomic E-state index is 0.114. The molecule has 0 aromatic rings. The van der Waals surface area contributed by atoms with Crippen molar-refractivity contribution in [3.8, 4) is 0 Å². The highest BCUT2D eigenvalue weighted by Gasteiger charge is 2.31. The third-order valence-electron chi connectivity index (χ3n) is 3.47. The maximum atomic E-state index is 6.27. The summed E-state index contributed by atoms with van der Waals surface area (Å²) in [7, 11) is 0. The van der Waals surface area contributed by atoms with Crippen LogP contribution in [0.15, 0.2) is 0 Å². The maximum Gasteiger partial charge on any atom is 0.0775 e. The summed E-state index contributed by atoms with van der Waals surface area (Å²) in [6, 6.07) is 0.114. The van der Waals surface area contributed by atoms with Crippen LogP contribution < -0.4 is 5.73 Å². The molecule has 0 saturated heterocycles. The van der Waals surface area contributed by atoms with Crippen molar-refractivity contribution in [1.82, 2.24) is 0 Å². The summed E-state index contributed by atoms with van der Waals surface area (Å²) in [6.07, 6.45) is 8.45. The van der Waals surface area contributed by atoms with Gasteiger partial charge in [0, 0.05) is 6.04 Å². The van der Waals surface area contributed by atoms with E-state index in [1.165, 1.54) is 38.5 Å². The summed E-state index contributed by atoms with van der Waals surface area (Å²) >= 11 is 0. The van der Waals surface area contributed by atoms with E-state index in [0.29, 0.717) is 6.10 Å². The van der Waals surface area contributed by atoms with E-state index in [9.17, 15) is 0 Å². The Morgan fingerprint density at radius 2 is 1.56 bits per heavy atom. The normalized spacial score (nSPS) is 23.8. The molecule has 2 unspecified atom stereocenters. The molecular weight excluding hydrogens is 198 g/mol. The Bertz CT molecular complexity index is 187. The Hall–Kier alpha value is -0.0800. The van der Waals surface area contributed by atoms with Gasteiger partial charge in [-0.3, -0.25) is 0 Å². The van der Waals surface area contributed by atoms with Crippen LogP contribution in [0.4, 0.5) is 0 Å². The second-order valence-corrected chi connectivity index (χ2v) is 6.40. The quantitative estimate of drug-likeness (QED) is 0.749. The first-order chi connectivity index (χ1) is 7.41. The molecule has 0 aromatic carbocycles. The van der Waals surface area contributed by atoms with Gasteiger partial charge in [-0.15, -0.1) is 0 Å². The predicted molar refractivity (Wildman–Crippen MR) is 69.5 cm³/mol. The zero-order chi connectivity index (χ0) is 12.2. The van der Waals surface area contributed by atoms with Crippen molar-refractivity contribution < 1.29 is 4.74 Å². The predicted octanol–water partition coefficient (Wildman–Crippen LogP) is 3.49. The highest BCUT2D eigenvalue weighted by molar-refractivity contribution is 4.83. The van der Waals surface area contributed by atoms with E-state index >= 15 is 0 Å². The highest BCUT2D eigenvalue weighted by atomic mass is 16.5. The van der Waals surface area contributed by atoms with Crippen LogP contribution in [-0.2, 0) is 4.74 Å². The van der Waals surface area contributed by atoms with E-state index in [-0.39, 0.29) is 17.6 Å². The molecule has 2 nitrogen and oxygen atoms in total. The molecule has 2 N–H and O–H groups in total. The van der Waals surface area contributed by atoms with Crippen molar-refractivity contribution in [2.75, 3.05) is 0 Å². The monoisotopic (exact) mass is 227 g/mol. The van der Waals surface area contributed by atoms with Gasteiger partial charge >= 0.3 is 0 Å². The minimum absolute atomic E-state index is 0.114. The molecule has 96 valence electrons. The van der Waals surface area contributed by atoms with Crippen LogP contribution >= 0.6 is 0 Å². The van der Waals surface area contributed by atoms with Crippen LogP contribution in [-0.4, -0.2) is 18.2 Å². The molecular formula is C14H29NO. The summed E-state index contributed by atoms with van der Waals surface area (Å²) in [5.41, 5.74) is 6.19. The lowest BCUT2D eigenvalue weighted by Gasteiger charge is -2.36. The van der Waals surface area contributed by atoms with Crippen molar-refractivity contribution in [2.24, 2.45) is 11.1 Å². The van der Waals surface area contributed by atoms with Gasteiger partial charge in [0.25, 0.3) is 0 Å². The second kappa shape index (κ2) is 6.02. The minimum Gasteiger partial charge on any atom is -0.373 e. The van der Waals surface area contributed by atoms with E-state index < -0.39 is 0 Å². The Balaban J connectivity index is 2.53. The molecule has 0 radical (unpaired) electrons. The highest BCUT2D eigenvalue weighted by Crippen LogP contribution is 2.29. The Morgan fingerprint density at radius 1 is 1.06 bits per heavy atom. The van der Waals surface area contributed by atoms with Crippen molar-refractivity contribution in [2.45, 2.75) is 84.5 Å². The molecule has 0 amide bonds. The molecule has 2 heteroatoms. The van der Waals surface area contributed by atoms with Crippen molar-refractivity contribution in [1.29, 1.82) is 0 Å². The summed E-state index contributed by atoms with van der Waals surface area (Å²) in [5, 5.41) is 0. The number of hydrogen-bond donors (Lipinski definition) is 1. The lowest BCUT2D eigenvalue weighted by atomic mass is 9.85. The third kappa shape index (κ3) is 4.42. The molecule has 0 bridgehead atoms. The fraction of sp³-hybridized carbons (Fsp3) is 1.00. The van der Waals surface area contributed by atoms with E-state index in [1.54, 1.807) is 0 Å². The van der Waals surface area contributed by atoms with E-state index in [4.69, 9.17) is 10.5 Å². The molecule has 1 aliphatic rings. The van der Waals surface area contributed by atoms with Gasteiger partial charge in [-0.1, -0.05) is 46.5 Å². The zero-order valence-electron chi connectivity index (χ0n) is 11.5. The van der Waals surface area contributed by atoms with Gasteiger partial charge in [-0.25, -0.2) is 0 Å². The number of rotatable bonds is 3. The molecule has 0 spiro atoms. The number of hydrogen-bond acceptors (Lipinski definition) is 2. The van der Waals surface area contributed by atoms with Crippen LogP contribution in [0.3, 0.4) is 0 Å². The molecule has 0 heterocycles. The fourth-order valence-corrected chi connectivity index (χ4v) is 2.70. The number of nitrogens with two attached hydrogens (primary N) is 1. The molecule has 1 rings (SSSR count). The molecule has 2 atom stereocenters. The third-order valence-corrected chi connectivity index (χ3v) is 3.47.